The van der Waals surface area contributed by atoms with Gasteiger partial charge in [0.1, 0.15) is 17.3 Å². The van der Waals surface area contributed by atoms with Gasteiger partial charge in [-0.15, -0.1) is 0 Å². The van der Waals surface area contributed by atoms with Gasteiger partial charge in [0.2, 0.25) is 0 Å². The van der Waals surface area contributed by atoms with Crippen LogP contribution >= 0.6 is 0 Å². The Kier molecular flexibility index (Phi) is 4.57. The first kappa shape index (κ1) is 14.8. The maximum Gasteiger partial charge on any atom is 0.251 e. The number of rotatable bonds is 5. The summed E-state index contributed by atoms with van der Waals surface area (Å²) in [6.45, 7) is 4.50. The predicted molar refractivity (Wildman–Crippen MR) is 74.8 cm³/mol. The number of benzene rings is 1. The molecule has 110 valence electrons. The van der Waals surface area contributed by atoms with Crippen LogP contribution in [0.3, 0.4) is 0 Å². The van der Waals surface area contributed by atoms with Crippen LogP contribution in [-0.4, -0.2) is 18.5 Å². The van der Waals surface area contributed by atoms with Crippen LogP contribution in [0, 0.1) is 17.6 Å². The van der Waals surface area contributed by atoms with Gasteiger partial charge < -0.3 is 10.6 Å². The van der Waals surface area contributed by atoms with Crippen molar-refractivity contribution >= 4 is 11.6 Å². The van der Waals surface area contributed by atoms with Crippen LogP contribution in [0.15, 0.2) is 12.1 Å². The van der Waals surface area contributed by atoms with E-state index >= 15 is 0 Å². The highest BCUT2D eigenvalue weighted by molar-refractivity contribution is 5.94. The van der Waals surface area contributed by atoms with Crippen molar-refractivity contribution in [2.45, 2.75) is 39.2 Å². The molecule has 0 bridgehead atoms. The third-order valence-corrected chi connectivity index (χ3v) is 3.57. The SMILES string of the molecule is CCCNc1c(F)cc(C(=O)NC2CC(C)C2)cc1F. The highest BCUT2D eigenvalue weighted by Gasteiger charge is 2.27. The van der Waals surface area contributed by atoms with Crippen LogP contribution in [0.4, 0.5) is 14.5 Å². The Bertz CT molecular complexity index is 476. The molecule has 1 aliphatic rings. The fourth-order valence-electron chi connectivity index (χ4n) is 2.41. The minimum atomic E-state index is -0.731. The Hall–Kier alpha value is -1.65. The molecule has 0 aromatic heterocycles. The molecule has 1 aliphatic carbocycles. The van der Waals surface area contributed by atoms with Crippen LogP contribution in [0.1, 0.15) is 43.5 Å². The van der Waals surface area contributed by atoms with E-state index < -0.39 is 17.5 Å². The maximum atomic E-state index is 13.8. The average molecular weight is 282 g/mol. The van der Waals surface area contributed by atoms with Gasteiger partial charge in [0.25, 0.3) is 5.91 Å². The molecule has 0 spiro atoms. The lowest BCUT2D eigenvalue weighted by molar-refractivity contribution is 0.0895. The highest BCUT2D eigenvalue weighted by atomic mass is 19.1. The quantitative estimate of drug-likeness (QED) is 0.870. The normalized spacial score (nSPS) is 21.2. The van der Waals surface area contributed by atoms with Gasteiger partial charge in [-0.25, -0.2) is 8.78 Å². The predicted octanol–water partition coefficient (Wildman–Crippen LogP) is 3.32. The van der Waals surface area contributed by atoms with E-state index in [9.17, 15) is 13.6 Å². The van der Waals surface area contributed by atoms with E-state index in [0.29, 0.717) is 12.5 Å². The number of nitrogens with one attached hydrogen (secondary N) is 2. The molecular weight excluding hydrogens is 262 g/mol. The monoisotopic (exact) mass is 282 g/mol. The van der Waals surface area contributed by atoms with E-state index in [4.69, 9.17) is 0 Å². The largest absolute Gasteiger partial charge is 0.380 e. The van der Waals surface area contributed by atoms with E-state index in [0.717, 1.165) is 31.4 Å². The summed E-state index contributed by atoms with van der Waals surface area (Å²) in [5.74, 6) is -1.27. The van der Waals surface area contributed by atoms with Crippen molar-refractivity contribution in [3.8, 4) is 0 Å². The summed E-state index contributed by atoms with van der Waals surface area (Å²) >= 11 is 0. The Balaban J connectivity index is 2.06. The summed E-state index contributed by atoms with van der Waals surface area (Å²) < 4.78 is 27.6. The molecule has 3 nitrogen and oxygen atoms in total. The van der Waals surface area contributed by atoms with Gasteiger partial charge in [-0.05, 0) is 37.3 Å². The summed E-state index contributed by atoms with van der Waals surface area (Å²) in [7, 11) is 0. The molecule has 20 heavy (non-hydrogen) atoms. The lowest BCUT2D eigenvalue weighted by atomic mass is 9.82. The summed E-state index contributed by atoms with van der Waals surface area (Å²) in [5, 5.41) is 5.47. The molecule has 0 atom stereocenters. The molecule has 1 aromatic carbocycles. The zero-order valence-electron chi connectivity index (χ0n) is 11.8. The first-order chi connectivity index (χ1) is 9.51. The second-order valence-electron chi connectivity index (χ2n) is 5.49. The third-order valence-electron chi connectivity index (χ3n) is 3.57. The third kappa shape index (κ3) is 3.26. The van der Waals surface area contributed by atoms with Crippen LogP contribution in [0.25, 0.3) is 0 Å². The molecule has 5 heteroatoms. The lowest BCUT2D eigenvalue weighted by Gasteiger charge is -2.33. The van der Waals surface area contributed by atoms with Gasteiger partial charge in [0.15, 0.2) is 0 Å². The first-order valence-electron chi connectivity index (χ1n) is 7.05. The van der Waals surface area contributed by atoms with Gasteiger partial charge in [0, 0.05) is 18.2 Å². The molecule has 0 heterocycles. The summed E-state index contributed by atoms with van der Waals surface area (Å²) in [6, 6.07) is 2.29. The van der Waals surface area contributed by atoms with Crippen molar-refractivity contribution < 1.29 is 13.6 Å². The van der Waals surface area contributed by atoms with Gasteiger partial charge >= 0.3 is 0 Å². The summed E-state index contributed by atoms with van der Waals surface area (Å²) in [4.78, 5) is 11.9. The molecule has 2 rings (SSSR count). The van der Waals surface area contributed by atoms with Crippen molar-refractivity contribution in [1.29, 1.82) is 0 Å². The molecule has 0 unspecified atom stereocenters. The van der Waals surface area contributed by atoms with E-state index in [1.165, 1.54) is 0 Å². The van der Waals surface area contributed by atoms with Gasteiger partial charge in [-0.2, -0.15) is 0 Å². The molecular formula is C15H20F2N2O. The van der Waals surface area contributed by atoms with E-state index in [2.05, 4.69) is 17.6 Å². The molecule has 1 amide bonds. The minimum Gasteiger partial charge on any atom is -0.380 e. The second kappa shape index (κ2) is 6.20. The van der Waals surface area contributed by atoms with Crippen molar-refractivity contribution in [3.63, 3.8) is 0 Å². The number of hydrogen-bond acceptors (Lipinski definition) is 2. The number of amides is 1. The van der Waals surface area contributed by atoms with Gasteiger partial charge in [0.05, 0.1) is 0 Å². The minimum absolute atomic E-state index is 0.0293. The first-order valence-corrected chi connectivity index (χ1v) is 7.05. The van der Waals surface area contributed by atoms with Crippen molar-refractivity contribution in [2.75, 3.05) is 11.9 Å². The number of carbonyl (C=O) groups excluding carboxylic acids is 1. The van der Waals surface area contributed by atoms with Crippen molar-refractivity contribution in [3.05, 3.63) is 29.3 Å². The topological polar surface area (TPSA) is 41.1 Å². The van der Waals surface area contributed by atoms with E-state index in [1.807, 2.05) is 6.92 Å². The van der Waals surface area contributed by atoms with Gasteiger partial charge in [-0.3, -0.25) is 4.79 Å². The smallest absolute Gasteiger partial charge is 0.251 e. The van der Waals surface area contributed by atoms with Crippen LogP contribution < -0.4 is 10.6 Å². The lowest BCUT2D eigenvalue weighted by Crippen LogP contribution is -2.43. The van der Waals surface area contributed by atoms with E-state index in [1.54, 1.807) is 0 Å². The molecule has 2 N–H and O–H groups in total. The number of hydrogen-bond donors (Lipinski definition) is 2. The highest BCUT2D eigenvalue weighted by Crippen LogP contribution is 2.27. The average Bonchev–Trinajstić information content (AvgIpc) is 2.35. The van der Waals surface area contributed by atoms with Crippen LogP contribution in [0.2, 0.25) is 0 Å². The number of anilines is 1. The fraction of sp³-hybridized carbons (Fsp3) is 0.533. The molecule has 0 radical (unpaired) electrons. The molecule has 1 aromatic rings. The number of carbonyl (C=O) groups is 1. The van der Waals surface area contributed by atoms with E-state index in [-0.39, 0.29) is 17.3 Å². The van der Waals surface area contributed by atoms with Crippen LogP contribution in [-0.2, 0) is 0 Å². The Morgan fingerprint density at radius 1 is 1.30 bits per heavy atom. The Morgan fingerprint density at radius 3 is 2.40 bits per heavy atom. The Labute approximate surface area is 117 Å². The second-order valence-corrected chi connectivity index (χ2v) is 5.49. The van der Waals surface area contributed by atoms with Crippen LogP contribution in [0.5, 0.6) is 0 Å². The fourth-order valence-corrected chi connectivity index (χ4v) is 2.41. The molecule has 0 saturated heterocycles. The maximum absolute atomic E-state index is 13.8. The Morgan fingerprint density at radius 2 is 1.90 bits per heavy atom. The van der Waals surface area contributed by atoms with Crippen molar-refractivity contribution in [2.24, 2.45) is 5.92 Å². The zero-order chi connectivity index (χ0) is 14.7. The zero-order valence-corrected chi connectivity index (χ0v) is 11.8. The number of halogens is 2. The molecule has 0 aliphatic heterocycles. The van der Waals surface area contributed by atoms with Gasteiger partial charge in [-0.1, -0.05) is 13.8 Å². The summed E-state index contributed by atoms with van der Waals surface area (Å²) in [5.41, 5.74) is -0.137. The summed E-state index contributed by atoms with van der Waals surface area (Å²) in [6.07, 6.45) is 2.61. The standard InChI is InChI=1S/C15H20F2N2O/c1-3-4-18-14-12(16)7-10(8-13(14)17)15(20)19-11-5-9(2)6-11/h7-9,11,18H,3-6H2,1-2H3,(H,19,20). The van der Waals surface area contributed by atoms with Crippen molar-refractivity contribution in [1.82, 2.24) is 5.32 Å². The molecule has 1 fully saturated rings. The molecule has 1 saturated carbocycles.